The van der Waals surface area contributed by atoms with Crippen LogP contribution in [-0.2, 0) is 0 Å². The van der Waals surface area contributed by atoms with Crippen LogP contribution in [0.5, 0.6) is 0 Å². The minimum atomic E-state index is 0.436. The summed E-state index contributed by atoms with van der Waals surface area (Å²) in [4.78, 5) is 0. The normalized spacial score (nSPS) is 20.6. The molecule has 0 amide bonds. The van der Waals surface area contributed by atoms with Crippen molar-refractivity contribution in [2.24, 2.45) is 11.3 Å². The molecule has 0 unspecified atom stereocenters. The van der Waals surface area contributed by atoms with Crippen LogP contribution in [0.25, 0.3) is 0 Å². The van der Waals surface area contributed by atoms with E-state index in [0.29, 0.717) is 5.41 Å². The highest BCUT2D eigenvalue weighted by Gasteiger charge is 2.19. The molecule has 0 heterocycles. The van der Waals surface area contributed by atoms with Crippen LogP contribution in [0.3, 0.4) is 0 Å². The van der Waals surface area contributed by atoms with Gasteiger partial charge >= 0.3 is 0 Å². The van der Waals surface area contributed by atoms with Crippen LogP contribution in [0.4, 0.5) is 0 Å². The highest BCUT2D eigenvalue weighted by Crippen LogP contribution is 2.35. The van der Waals surface area contributed by atoms with Crippen molar-refractivity contribution in [2.45, 2.75) is 73.1 Å². The zero-order chi connectivity index (χ0) is 12.9. The van der Waals surface area contributed by atoms with Crippen LogP contribution in [0, 0.1) is 11.3 Å². The molecule has 0 bridgehead atoms. The molecule has 0 aliphatic heterocycles. The molecule has 0 nitrogen and oxygen atoms in total. The van der Waals surface area contributed by atoms with Gasteiger partial charge in [-0.2, -0.15) is 0 Å². The first kappa shape index (κ1) is 14.5. The number of allylic oxidation sites excluding steroid dienone is 4. The van der Waals surface area contributed by atoms with Crippen molar-refractivity contribution in [2.75, 3.05) is 0 Å². The van der Waals surface area contributed by atoms with Crippen LogP contribution in [-0.4, -0.2) is 0 Å². The van der Waals surface area contributed by atoms with Gasteiger partial charge in [0.2, 0.25) is 0 Å². The Morgan fingerprint density at radius 3 is 2.71 bits per heavy atom. The first-order valence-electron chi connectivity index (χ1n) is 7.25. The van der Waals surface area contributed by atoms with Crippen molar-refractivity contribution in [1.82, 2.24) is 0 Å². The zero-order valence-corrected chi connectivity index (χ0v) is 12.5. The summed E-state index contributed by atoms with van der Waals surface area (Å²) < 4.78 is 0. The van der Waals surface area contributed by atoms with Gasteiger partial charge in [-0.15, -0.1) is 0 Å². The largest absolute Gasteiger partial charge is 0.0853 e. The molecule has 0 aromatic rings. The third-order valence-electron chi connectivity index (χ3n) is 3.66. The predicted octanol–water partition coefficient (Wildman–Crippen LogP) is 5.90. The fourth-order valence-corrected chi connectivity index (χ4v) is 2.70. The SMILES string of the molecule is C/C(=C\CCC(C)C)CC1=CC(C)(C)CCC1. The van der Waals surface area contributed by atoms with Crippen molar-refractivity contribution < 1.29 is 0 Å². The van der Waals surface area contributed by atoms with E-state index in [2.05, 4.69) is 46.8 Å². The quantitative estimate of drug-likeness (QED) is 0.520. The minimum Gasteiger partial charge on any atom is -0.0853 e. The fourth-order valence-electron chi connectivity index (χ4n) is 2.70. The Bertz CT molecular complexity index is 289. The molecule has 0 spiro atoms. The van der Waals surface area contributed by atoms with E-state index in [-0.39, 0.29) is 0 Å². The first-order valence-corrected chi connectivity index (χ1v) is 7.25. The van der Waals surface area contributed by atoms with Gasteiger partial charge < -0.3 is 0 Å². The van der Waals surface area contributed by atoms with Gasteiger partial charge in [-0.05, 0) is 56.8 Å². The van der Waals surface area contributed by atoms with E-state index in [1.807, 2.05) is 0 Å². The molecule has 1 aliphatic carbocycles. The molecule has 0 N–H and O–H groups in total. The Morgan fingerprint density at radius 1 is 1.41 bits per heavy atom. The molecule has 17 heavy (non-hydrogen) atoms. The third kappa shape index (κ3) is 6.10. The van der Waals surface area contributed by atoms with E-state index < -0.39 is 0 Å². The van der Waals surface area contributed by atoms with E-state index in [1.165, 1.54) is 38.5 Å². The standard InChI is InChI=1S/C17H30/c1-14(2)8-6-9-15(3)12-16-10-7-11-17(4,5)13-16/h9,13-14H,6-8,10-12H2,1-5H3/b15-9+. The van der Waals surface area contributed by atoms with Gasteiger partial charge in [0, 0.05) is 0 Å². The van der Waals surface area contributed by atoms with Crippen molar-refractivity contribution in [3.05, 3.63) is 23.3 Å². The molecule has 0 atom stereocenters. The average molecular weight is 234 g/mol. The fraction of sp³-hybridized carbons (Fsp3) is 0.765. The molecule has 0 aromatic heterocycles. The number of hydrogen-bond acceptors (Lipinski definition) is 0. The summed E-state index contributed by atoms with van der Waals surface area (Å²) in [6.07, 6.45) is 12.8. The van der Waals surface area contributed by atoms with Crippen LogP contribution in [0.2, 0.25) is 0 Å². The molecule has 1 rings (SSSR count). The van der Waals surface area contributed by atoms with E-state index in [0.717, 1.165) is 5.92 Å². The second-order valence-electron chi connectivity index (χ2n) is 6.84. The summed E-state index contributed by atoms with van der Waals surface area (Å²) in [6, 6.07) is 0. The Balaban J connectivity index is 2.45. The molecule has 0 saturated carbocycles. The Kier molecular flexibility index (Phi) is 5.49. The van der Waals surface area contributed by atoms with Gasteiger partial charge in [-0.3, -0.25) is 0 Å². The van der Waals surface area contributed by atoms with Crippen molar-refractivity contribution in [3.63, 3.8) is 0 Å². The summed E-state index contributed by atoms with van der Waals surface area (Å²) >= 11 is 0. The molecule has 0 aromatic carbocycles. The maximum absolute atomic E-state index is 2.52. The van der Waals surface area contributed by atoms with Gasteiger partial charge in [0.15, 0.2) is 0 Å². The second kappa shape index (κ2) is 6.42. The predicted molar refractivity (Wildman–Crippen MR) is 78.2 cm³/mol. The summed E-state index contributed by atoms with van der Waals surface area (Å²) in [5, 5.41) is 0. The molecular weight excluding hydrogens is 204 g/mol. The lowest BCUT2D eigenvalue weighted by atomic mass is 9.78. The van der Waals surface area contributed by atoms with E-state index in [1.54, 1.807) is 11.1 Å². The van der Waals surface area contributed by atoms with Crippen LogP contribution in [0.15, 0.2) is 23.3 Å². The maximum atomic E-state index is 2.52. The van der Waals surface area contributed by atoms with E-state index in [4.69, 9.17) is 0 Å². The average Bonchev–Trinajstić information content (AvgIpc) is 2.14. The number of hydrogen-bond donors (Lipinski definition) is 0. The van der Waals surface area contributed by atoms with Crippen molar-refractivity contribution in [3.8, 4) is 0 Å². The van der Waals surface area contributed by atoms with Crippen LogP contribution >= 0.6 is 0 Å². The Labute approximate surface area is 108 Å². The van der Waals surface area contributed by atoms with E-state index >= 15 is 0 Å². The van der Waals surface area contributed by atoms with Gasteiger partial charge in [0.05, 0.1) is 0 Å². The minimum absolute atomic E-state index is 0.436. The molecule has 0 saturated heterocycles. The molecule has 0 radical (unpaired) electrons. The Morgan fingerprint density at radius 2 is 2.12 bits per heavy atom. The second-order valence-corrected chi connectivity index (χ2v) is 6.84. The van der Waals surface area contributed by atoms with Gasteiger partial charge in [0.25, 0.3) is 0 Å². The molecular formula is C17H30. The lowest BCUT2D eigenvalue weighted by molar-refractivity contribution is 0.395. The summed E-state index contributed by atoms with van der Waals surface area (Å²) in [5.41, 5.74) is 3.67. The molecule has 0 heteroatoms. The highest BCUT2D eigenvalue weighted by atomic mass is 14.2. The topological polar surface area (TPSA) is 0 Å². The van der Waals surface area contributed by atoms with Gasteiger partial charge in [0.1, 0.15) is 0 Å². The van der Waals surface area contributed by atoms with Gasteiger partial charge in [-0.1, -0.05) is 51.0 Å². The third-order valence-corrected chi connectivity index (χ3v) is 3.66. The smallest absolute Gasteiger partial charge is 0.0111 e. The lowest BCUT2D eigenvalue weighted by Gasteiger charge is -2.27. The number of rotatable bonds is 5. The monoisotopic (exact) mass is 234 g/mol. The zero-order valence-electron chi connectivity index (χ0n) is 12.5. The lowest BCUT2D eigenvalue weighted by Crippen LogP contribution is -2.13. The van der Waals surface area contributed by atoms with E-state index in [9.17, 15) is 0 Å². The Hall–Kier alpha value is -0.520. The summed E-state index contributed by atoms with van der Waals surface area (Å²) in [5.74, 6) is 0.826. The van der Waals surface area contributed by atoms with Crippen LogP contribution in [0.1, 0.15) is 73.1 Å². The highest BCUT2D eigenvalue weighted by molar-refractivity contribution is 5.18. The molecule has 1 aliphatic rings. The van der Waals surface area contributed by atoms with Crippen LogP contribution < -0.4 is 0 Å². The molecule has 98 valence electrons. The summed E-state index contributed by atoms with van der Waals surface area (Å²) in [7, 11) is 0. The first-order chi connectivity index (χ1) is 7.89. The maximum Gasteiger partial charge on any atom is -0.0111 e. The summed E-state index contributed by atoms with van der Waals surface area (Å²) in [6.45, 7) is 11.6. The van der Waals surface area contributed by atoms with Crippen molar-refractivity contribution >= 4 is 0 Å². The van der Waals surface area contributed by atoms with Gasteiger partial charge in [-0.25, -0.2) is 0 Å². The molecule has 0 fully saturated rings. The van der Waals surface area contributed by atoms with Crippen molar-refractivity contribution in [1.29, 1.82) is 0 Å².